The zero-order valence-electron chi connectivity index (χ0n) is 19.5. The molecule has 0 saturated carbocycles. The molecule has 170 valence electrons. The standard InChI is InChI=1S/C28H31N3O2/c1-30(2)15-5-16-31-17-14-24-19-22(10-13-27(24)31)18-21-8-11-23(12-9-21)28(32)29-25-6-4-7-26(20-25)33-3/h4,6-14,17,19-20H,5,15-16,18H2,1-3H3,(H,29,32). The summed E-state index contributed by atoms with van der Waals surface area (Å²) in [7, 11) is 5.83. The molecule has 1 aromatic heterocycles. The van der Waals surface area contributed by atoms with Gasteiger partial charge in [-0.25, -0.2) is 0 Å². The number of amides is 1. The van der Waals surface area contributed by atoms with Crippen LogP contribution >= 0.6 is 0 Å². The minimum atomic E-state index is -0.133. The summed E-state index contributed by atoms with van der Waals surface area (Å²) in [6, 6.07) is 24.0. The van der Waals surface area contributed by atoms with E-state index < -0.39 is 0 Å². The van der Waals surface area contributed by atoms with E-state index in [1.54, 1.807) is 13.2 Å². The molecule has 0 aliphatic rings. The number of fused-ring (bicyclic) bond motifs is 1. The number of anilines is 1. The highest BCUT2D eigenvalue weighted by Gasteiger charge is 2.08. The van der Waals surface area contributed by atoms with Gasteiger partial charge < -0.3 is 19.5 Å². The van der Waals surface area contributed by atoms with E-state index >= 15 is 0 Å². The van der Waals surface area contributed by atoms with Gasteiger partial charge >= 0.3 is 0 Å². The summed E-state index contributed by atoms with van der Waals surface area (Å²) < 4.78 is 7.55. The van der Waals surface area contributed by atoms with Gasteiger partial charge in [0, 0.05) is 35.6 Å². The number of benzene rings is 3. The average molecular weight is 442 g/mol. The number of hydrogen-bond acceptors (Lipinski definition) is 3. The number of hydrogen-bond donors (Lipinski definition) is 1. The highest BCUT2D eigenvalue weighted by Crippen LogP contribution is 2.21. The summed E-state index contributed by atoms with van der Waals surface area (Å²) in [6.45, 7) is 2.12. The molecule has 0 aliphatic carbocycles. The Balaban J connectivity index is 1.39. The van der Waals surface area contributed by atoms with E-state index in [2.05, 4.69) is 59.3 Å². The Bertz CT molecular complexity index is 1230. The summed E-state index contributed by atoms with van der Waals surface area (Å²) in [6.07, 6.45) is 4.15. The van der Waals surface area contributed by atoms with Gasteiger partial charge in [0.25, 0.3) is 5.91 Å². The van der Waals surface area contributed by atoms with Crippen molar-refractivity contribution in [2.45, 2.75) is 19.4 Å². The van der Waals surface area contributed by atoms with E-state index in [4.69, 9.17) is 4.74 Å². The maximum Gasteiger partial charge on any atom is 0.255 e. The number of aryl methyl sites for hydroxylation is 1. The predicted molar refractivity (Wildman–Crippen MR) is 135 cm³/mol. The minimum absolute atomic E-state index is 0.133. The molecule has 4 aromatic rings. The van der Waals surface area contributed by atoms with Crippen molar-refractivity contribution in [3.05, 3.63) is 95.7 Å². The molecule has 33 heavy (non-hydrogen) atoms. The summed E-state index contributed by atoms with van der Waals surface area (Å²) in [4.78, 5) is 14.8. The van der Waals surface area contributed by atoms with Gasteiger partial charge in [0.1, 0.15) is 5.75 Å². The van der Waals surface area contributed by atoms with Crippen LogP contribution in [0.3, 0.4) is 0 Å². The first-order valence-electron chi connectivity index (χ1n) is 11.3. The second-order valence-corrected chi connectivity index (χ2v) is 8.62. The number of ether oxygens (including phenoxy) is 1. The summed E-state index contributed by atoms with van der Waals surface area (Å²) in [5.74, 6) is 0.579. The van der Waals surface area contributed by atoms with Gasteiger partial charge in [-0.3, -0.25) is 4.79 Å². The summed E-state index contributed by atoms with van der Waals surface area (Å²) in [5, 5.41) is 4.19. The highest BCUT2D eigenvalue weighted by molar-refractivity contribution is 6.04. The molecule has 0 radical (unpaired) electrons. The van der Waals surface area contributed by atoms with Gasteiger partial charge in [-0.2, -0.15) is 0 Å². The van der Waals surface area contributed by atoms with Crippen LogP contribution in [0.5, 0.6) is 5.75 Å². The number of carbonyl (C=O) groups is 1. The largest absolute Gasteiger partial charge is 0.497 e. The van der Waals surface area contributed by atoms with E-state index in [9.17, 15) is 4.79 Å². The fraction of sp³-hybridized carbons (Fsp3) is 0.250. The van der Waals surface area contributed by atoms with E-state index in [1.165, 1.54) is 22.0 Å². The molecule has 1 heterocycles. The lowest BCUT2D eigenvalue weighted by Gasteiger charge is -2.11. The molecule has 1 amide bonds. The average Bonchev–Trinajstić information content (AvgIpc) is 3.21. The smallest absolute Gasteiger partial charge is 0.255 e. The number of methoxy groups -OCH3 is 1. The number of carbonyl (C=O) groups excluding carboxylic acids is 1. The van der Waals surface area contributed by atoms with Crippen molar-refractivity contribution in [1.29, 1.82) is 0 Å². The van der Waals surface area contributed by atoms with Gasteiger partial charge in [0.2, 0.25) is 0 Å². The van der Waals surface area contributed by atoms with E-state index in [-0.39, 0.29) is 5.91 Å². The van der Waals surface area contributed by atoms with Crippen LogP contribution in [0.4, 0.5) is 5.69 Å². The van der Waals surface area contributed by atoms with E-state index in [0.29, 0.717) is 17.0 Å². The number of nitrogens with zero attached hydrogens (tertiary/aromatic N) is 2. The molecule has 0 fully saturated rings. The fourth-order valence-electron chi connectivity index (χ4n) is 4.03. The molecule has 0 unspecified atom stereocenters. The van der Waals surface area contributed by atoms with Crippen molar-refractivity contribution >= 4 is 22.5 Å². The molecule has 0 atom stereocenters. The highest BCUT2D eigenvalue weighted by atomic mass is 16.5. The molecule has 5 nitrogen and oxygen atoms in total. The minimum Gasteiger partial charge on any atom is -0.497 e. The van der Waals surface area contributed by atoms with Gasteiger partial charge in [-0.05, 0) is 92.5 Å². The zero-order chi connectivity index (χ0) is 23.2. The Kier molecular flexibility index (Phi) is 7.10. The van der Waals surface area contributed by atoms with Gasteiger partial charge in [0.05, 0.1) is 7.11 Å². The monoisotopic (exact) mass is 441 g/mol. The third-order valence-electron chi connectivity index (χ3n) is 5.79. The normalized spacial score (nSPS) is 11.2. The third kappa shape index (κ3) is 5.82. The van der Waals surface area contributed by atoms with Crippen LogP contribution in [0.2, 0.25) is 0 Å². The number of nitrogens with one attached hydrogen (secondary N) is 1. The fourth-order valence-corrected chi connectivity index (χ4v) is 4.03. The molecule has 5 heteroatoms. The SMILES string of the molecule is COc1cccc(NC(=O)c2ccc(Cc3ccc4c(ccn4CCCN(C)C)c3)cc2)c1. The van der Waals surface area contributed by atoms with Crippen molar-refractivity contribution < 1.29 is 9.53 Å². The first-order valence-corrected chi connectivity index (χ1v) is 11.3. The molecule has 0 saturated heterocycles. The van der Waals surface area contributed by atoms with Crippen molar-refractivity contribution in [3.8, 4) is 5.75 Å². The summed E-state index contributed by atoms with van der Waals surface area (Å²) >= 11 is 0. The third-order valence-corrected chi connectivity index (χ3v) is 5.79. The van der Waals surface area contributed by atoms with Gasteiger partial charge in [0.15, 0.2) is 0 Å². The van der Waals surface area contributed by atoms with Crippen LogP contribution in [0, 0.1) is 0 Å². The predicted octanol–water partition coefficient (Wildman–Crippen LogP) is 5.44. The molecule has 0 spiro atoms. The molecular formula is C28H31N3O2. The van der Waals surface area contributed by atoms with Crippen molar-refractivity contribution in [2.75, 3.05) is 33.1 Å². The Morgan fingerprint density at radius 3 is 2.52 bits per heavy atom. The lowest BCUT2D eigenvalue weighted by atomic mass is 10.0. The molecule has 0 bridgehead atoms. The first kappa shape index (κ1) is 22.6. The van der Waals surface area contributed by atoms with Crippen LogP contribution < -0.4 is 10.1 Å². The van der Waals surface area contributed by atoms with E-state index in [0.717, 1.165) is 25.9 Å². The Labute approximate surface area is 195 Å². The second kappa shape index (κ2) is 10.4. The second-order valence-electron chi connectivity index (χ2n) is 8.62. The van der Waals surface area contributed by atoms with Gasteiger partial charge in [-0.1, -0.05) is 24.3 Å². The zero-order valence-corrected chi connectivity index (χ0v) is 19.5. The molecule has 1 N–H and O–H groups in total. The van der Waals surface area contributed by atoms with E-state index in [1.807, 2.05) is 42.5 Å². The Morgan fingerprint density at radius 1 is 0.970 bits per heavy atom. The van der Waals surface area contributed by atoms with Crippen LogP contribution in [0.25, 0.3) is 10.9 Å². The summed E-state index contributed by atoms with van der Waals surface area (Å²) in [5.41, 5.74) is 5.07. The van der Waals surface area contributed by atoms with Crippen LogP contribution in [0.1, 0.15) is 27.9 Å². The van der Waals surface area contributed by atoms with Crippen LogP contribution in [-0.4, -0.2) is 43.1 Å². The topological polar surface area (TPSA) is 46.5 Å². The lowest BCUT2D eigenvalue weighted by Crippen LogP contribution is -2.14. The molecule has 3 aromatic carbocycles. The molecular weight excluding hydrogens is 410 g/mol. The Morgan fingerprint density at radius 2 is 1.76 bits per heavy atom. The van der Waals surface area contributed by atoms with Crippen LogP contribution in [-0.2, 0) is 13.0 Å². The lowest BCUT2D eigenvalue weighted by molar-refractivity contribution is 0.102. The maximum absolute atomic E-state index is 12.6. The van der Waals surface area contributed by atoms with Crippen LogP contribution in [0.15, 0.2) is 79.0 Å². The van der Waals surface area contributed by atoms with Crippen molar-refractivity contribution in [3.63, 3.8) is 0 Å². The number of aromatic nitrogens is 1. The van der Waals surface area contributed by atoms with Crippen molar-refractivity contribution in [2.24, 2.45) is 0 Å². The molecule has 4 rings (SSSR count). The number of rotatable bonds is 9. The maximum atomic E-state index is 12.6. The van der Waals surface area contributed by atoms with Crippen molar-refractivity contribution in [1.82, 2.24) is 9.47 Å². The first-order chi connectivity index (χ1) is 16.0. The Hall–Kier alpha value is -3.57. The van der Waals surface area contributed by atoms with Gasteiger partial charge in [-0.15, -0.1) is 0 Å². The molecule has 0 aliphatic heterocycles. The quantitative estimate of drug-likeness (QED) is 0.376.